The third-order valence-corrected chi connectivity index (χ3v) is 3.32. The van der Waals surface area contributed by atoms with Crippen molar-refractivity contribution in [2.75, 3.05) is 0 Å². The predicted molar refractivity (Wildman–Crippen MR) is 80.3 cm³/mol. The van der Waals surface area contributed by atoms with Crippen LogP contribution in [0.2, 0.25) is 0 Å². The van der Waals surface area contributed by atoms with Crippen molar-refractivity contribution in [3.63, 3.8) is 0 Å². The van der Waals surface area contributed by atoms with Gasteiger partial charge in [0.15, 0.2) is 0 Å². The molecule has 1 aromatic carbocycles. The summed E-state index contributed by atoms with van der Waals surface area (Å²) in [6.07, 6.45) is -1.11. The lowest BCUT2D eigenvalue weighted by molar-refractivity contribution is -0.139. The molecule has 8 heteroatoms. The van der Waals surface area contributed by atoms with E-state index < -0.39 is 35.3 Å². The number of nitrogens with one attached hydrogen (secondary N) is 1. The van der Waals surface area contributed by atoms with Crippen molar-refractivity contribution in [1.82, 2.24) is 5.32 Å². The third kappa shape index (κ3) is 5.18. The van der Waals surface area contributed by atoms with Gasteiger partial charge in [0.05, 0.1) is 4.47 Å². The van der Waals surface area contributed by atoms with Crippen molar-refractivity contribution < 1.29 is 28.9 Å². The number of halogens is 2. The number of phenolic OH excluding ortho intramolecular Hbond substituents is 1. The summed E-state index contributed by atoms with van der Waals surface area (Å²) < 4.78 is 18.1. The van der Waals surface area contributed by atoms with E-state index in [1.54, 1.807) is 20.8 Å². The Labute approximate surface area is 135 Å². The van der Waals surface area contributed by atoms with Gasteiger partial charge in [0.1, 0.15) is 23.2 Å². The Hall–Kier alpha value is -1.83. The Morgan fingerprint density at radius 2 is 2.00 bits per heavy atom. The number of aromatic hydroxyl groups is 1. The molecule has 0 aliphatic carbocycles. The van der Waals surface area contributed by atoms with Gasteiger partial charge in [-0.25, -0.2) is 14.0 Å². The van der Waals surface area contributed by atoms with E-state index in [4.69, 9.17) is 9.84 Å². The maximum atomic E-state index is 13.2. The summed E-state index contributed by atoms with van der Waals surface area (Å²) in [4.78, 5) is 22.9. The number of hydrogen-bond donors (Lipinski definition) is 3. The van der Waals surface area contributed by atoms with E-state index in [9.17, 15) is 19.1 Å². The minimum Gasteiger partial charge on any atom is -0.506 e. The minimum atomic E-state index is -1.32. The summed E-state index contributed by atoms with van der Waals surface area (Å²) >= 11 is 2.86. The molecule has 0 bridgehead atoms. The molecule has 0 aromatic heterocycles. The number of amides is 1. The zero-order chi connectivity index (χ0) is 17.1. The molecule has 3 N–H and O–H groups in total. The van der Waals surface area contributed by atoms with Crippen LogP contribution in [0.1, 0.15) is 26.3 Å². The first kappa shape index (κ1) is 18.2. The van der Waals surface area contributed by atoms with Crippen molar-refractivity contribution in [2.45, 2.75) is 38.8 Å². The van der Waals surface area contributed by atoms with Gasteiger partial charge in [-0.15, -0.1) is 0 Å². The SMILES string of the molecule is CC(C)(C)OC(=O)N[C@@H](Cc1ccc(F)c(Br)c1O)C(=O)O. The molecule has 0 aliphatic rings. The lowest BCUT2D eigenvalue weighted by atomic mass is 10.0. The van der Waals surface area contributed by atoms with E-state index in [-0.39, 0.29) is 16.5 Å². The van der Waals surface area contributed by atoms with Crippen molar-refractivity contribution in [1.29, 1.82) is 0 Å². The molecule has 1 atom stereocenters. The van der Waals surface area contributed by atoms with Crippen molar-refractivity contribution in [3.05, 3.63) is 28.0 Å². The quantitative estimate of drug-likeness (QED) is 0.749. The number of ether oxygens (including phenoxy) is 1. The predicted octanol–water partition coefficient (Wildman–Crippen LogP) is 2.81. The van der Waals surface area contributed by atoms with Gasteiger partial charge in [0.25, 0.3) is 0 Å². The fourth-order valence-electron chi connectivity index (χ4n) is 1.61. The number of carboxylic acids is 1. The highest BCUT2D eigenvalue weighted by Gasteiger charge is 2.25. The van der Waals surface area contributed by atoms with Crippen LogP contribution in [0.15, 0.2) is 16.6 Å². The van der Waals surface area contributed by atoms with Crippen molar-refractivity contribution >= 4 is 28.0 Å². The lowest BCUT2D eigenvalue weighted by Gasteiger charge is -2.22. The van der Waals surface area contributed by atoms with Crippen LogP contribution in [0.25, 0.3) is 0 Å². The summed E-state index contributed by atoms with van der Waals surface area (Å²) in [5.74, 6) is -2.38. The summed E-state index contributed by atoms with van der Waals surface area (Å²) in [5.41, 5.74) is -0.592. The Morgan fingerprint density at radius 3 is 2.50 bits per heavy atom. The van der Waals surface area contributed by atoms with Gasteiger partial charge in [-0.1, -0.05) is 6.07 Å². The Kier molecular flexibility index (Phi) is 5.76. The van der Waals surface area contributed by atoms with E-state index in [0.717, 1.165) is 6.07 Å². The van der Waals surface area contributed by atoms with E-state index >= 15 is 0 Å². The highest BCUT2D eigenvalue weighted by molar-refractivity contribution is 9.10. The van der Waals surface area contributed by atoms with Gasteiger partial charge < -0.3 is 20.3 Å². The van der Waals surface area contributed by atoms with Crippen LogP contribution < -0.4 is 5.32 Å². The maximum absolute atomic E-state index is 13.2. The van der Waals surface area contributed by atoms with Gasteiger partial charge in [-0.2, -0.15) is 0 Å². The molecule has 122 valence electrons. The smallest absolute Gasteiger partial charge is 0.408 e. The summed E-state index contributed by atoms with van der Waals surface area (Å²) in [5, 5.41) is 21.2. The van der Waals surface area contributed by atoms with Crippen molar-refractivity contribution in [2.24, 2.45) is 0 Å². The standard InChI is InChI=1S/C14H17BrFNO5/c1-14(2,3)22-13(21)17-9(12(19)20)6-7-4-5-8(16)10(15)11(7)18/h4-5,9,18H,6H2,1-3H3,(H,17,21)(H,19,20)/t9-/m0/s1. The second-order valence-electron chi connectivity index (χ2n) is 5.61. The van der Waals surface area contributed by atoms with E-state index in [2.05, 4.69) is 21.2 Å². The van der Waals surface area contributed by atoms with Crippen molar-refractivity contribution in [3.8, 4) is 5.75 Å². The molecule has 0 unspecified atom stereocenters. The topological polar surface area (TPSA) is 95.9 Å². The molecular weight excluding hydrogens is 361 g/mol. The second kappa shape index (κ2) is 6.95. The average Bonchev–Trinajstić information content (AvgIpc) is 2.36. The molecule has 0 fully saturated rings. The van der Waals surface area contributed by atoms with Crippen LogP contribution in [0, 0.1) is 5.82 Å². The summed E-state index contributed by atoms with van der Waals surface area (Å²) in [6.45, 7) is 4.93. The zero-order valence-corrected chi connectivity index (χ0v) is 13.9. The highest BCUT2D eigenvalue weighted by atomic mass is 79.9. The number of alkyl carbamates (subject to hydrolysis) is 1. The van der Waals surface area contributed by atoms with E-state index in [1.807, 2.05) is 0 Å². The molecule has 22 heavy (non-hydrogen) atoms. The molecule has 1 aromatic rings. The number of carboxylic acid groups (broad SMARTS) is 1. The van der Waals surface area contributed by atoms with Gasteiger partial charge in [-0.05, 0) is 48.3 Å². The molecule has 0 saturated heterocycles. The Bertz CT molecular complexity index is 585. The fraction of sp³-hybridized carbons (Fsp3) is 0.429. The Balaban J connectivity index is 2.88. The van der Waals surface area contributed by atoms with E-state index in [0.29, 0.717) is 0 Å². The van der Waals surface area contributed by atoms with Crippen LogP contribution in [0.3, 0.4) is 0 Å². The number of phenols is 1. The first-order valence-electron chi connectivity index (χ1n) is 6.39. The molecule has 1 amide bonds. The highest BCUT2D eigenvalue weighted by Crippen LogP contribution is 2.31. The number of benzene rings is 1. The maximum Gasteiger partial charge on any atom is 0.408 e. The van der Waals surface area contributed by atoms with Crippen LogP contribution in [-0.4, -0.2) is 33.9 Å². The van der Waals surface area contributed by atoms with E-state index in [1.165, 1.54) is 6.07 Å². The molecule has 1 rings (SSSR count). The Morgan fingerprint density at radius 1 is 1.41 bits per heavy atom. The fourth-order valence-corrected chi connectivity index (χ4v) is 2.00. The summed E-state index contributed by atoms with van der Waals surface area (Å²) in [6, 6.07) is 1.02. The molecule has 0 heterocycles. The first-order valence-corrected chi connectivity index (χ1v) is 7.18. The van der Waals surface area contributed by atoms with Gasteiger partial charge in [-0.3, -0.25) is 0 Å². The number of carbonyl (C=O) groups is 2. The molecule has 0 radical (unpaired) electrons. The molecular formula is C14H17BrFNO5. The van der Waals surface area contributed by atoms with Gasteiger partial charge in [0, 0.05) is 6.42 Å². The van der Waals surface area contributed by atoms with Crippen LogP contribution in [-0.2, 0) is 16.0 Å². The van der Waals surface area contributed by atoms with Crippen LogP contribution in [0.4, 0.5) is 9.18 Å². The van der Waals surface area contributed by atoms with Crippen LogP contribution in [0.5, 0.6) is 5.75 Å². The van der Waals surface area contributed by atoms with Crippen LogP contribution >= 0.6 is 15.9 Å². The third-order valence-electron chi connectivity index (χ3n) is 2.57. The summed E-state index contributed by atoms with van der Waals surface area (Å²) in [7, 11) is 0. The molecule has 6 nitrogen and oxygen atoms in total. The molecule has 0 spiro atoms. The van der Waals surface area contributed by atoms with Gasteiger partial charge in [0.2, 0.25) is 0 Å². The normalized spacial score (nSPS) is 12.6. The average molecular weight is 378 g/mol. The molecule has 0 saturated carbocycles. The number of aliphatic carboxylic acids is 1. The first-order chi connectivity index (χ1) is 10.0. The number of carbonyl (C=O) groups excluding carboxylic acids is 1. The minimum absolute atomic E-state index is 0.161. The number of rotatable bonds is 4. The number of hydrogen-bond acceptors (Lipinski definition) is 4. The molecule has 0 aliphatic heterocycles. The zero-order valence-electron chi connectivity index (χ0n) is 12.3. The van der Waals surface area contributed by atoms with Gasteiger partial charge >= 0.3 is 12.1 Å². The largest absolute Gasteiger partial charge is 0.506 e. The lowest BCUT2D eigenvalue weighted by Crippen LogP contribution is -2.44. The monoisotopic (exact) mass is 377 g/mol. The second-order valence-corrected chi connectivity index (χ2v) is 6.40.